The molecule has 0 unspecified atom stereocenters. The van der Waals surface area contributed by atoms with Crippen LogP contribution in [0.2, 0.25) is 0 Å². The van der Waals surface area contributed by atoms with Gasteiger partial charge in [-0.2, -0.15) is 4.98 Å². The molecule has 0 amide bonds. The number of aliphatic hydroxyl groups is 1. The molecule has 0 fully saturated rings. The van der Waals surface area contributed by atoms with E-state index in [0.717, 1.165) is 23.8 Å². The Labute approximate surface area is 167 Å². The lowest BCUT2D eigenvalue weighted by molar-refractivity contribution is 0.265. The van der Waals surface area contributed by atoms with Gasteiger partial charge in [0.15, 0.2) is 17.0 Å². The second-order valence-corrected chi connectivity index (χ2v) is 7.39. The number of rotatable bonds is 9. The zero-order chi connectivity index (χ0) is 21.1. The van der Waals surface area contributed by atoms with Crippen molar-refractivity contribution in [1.82, 2.24) is 28.8 Å². The summed E-state index contributed by atoms with van der Waals surface area (Å²) >= 11 is 0. The Morgan fingerprint density at radius 2 is 1.79 bits per heavy atom. The predicted molar refractivity (Wildman–Crippen MR) is 107 cm³/mol. The van der Waals surface area contributed by atoms with Crippen molar-refractivity contribution in [2.75, 3.05) is 0 Å². The van der Waals surface area contributed by atoms with Crippen LogP contribution in [0, 0.1) is 0 Å². The van der Waals surface area contributed by atoms with Crippen molar-refractivity contribution in [3.63, 3.8) is 0 Å². The highest BCUT2D eigenvalue weighted by molar-refractivity contribution is 5.71. The molecule has 0 atom stereocenters. The number of hydrogen-bond acceptors (Lipinski definition) is 7. The molecule has 0 aliphatic heterocycles. The molecule has 0 radical (unpaired) electrons. The van der Waals surface area contributed by atoms with E-state index in [1.165, 1.54) is 4.57 Å². The lowest BCUT2D eigenvalue weighted by atomic mass is 10.2. The lowest BCUT2D eigenvalue weighted by Crippen LogP contribution is -2.41. The van der Waals surface area contributed by atoms with Crippen LogP contribution in [0.3, 0.4) is 0 Å². The molecule has 158 valence electrons. The third-order valence-corrected chi connectivity index (χ3v) is 4.79. The van der Waals surface area contributed by atoms with Crippen LogP contribution in [0.15, 0.2) is 14.1 Å². The first kappa shape index (κ1) is 21.0. The molecular formula is C19H28N6O4. The van der Waals surface area contributed by atoms with Gasteiger partial charge in [-0.3, -0.25) is 13.9 Å². The number of hydrogen-bond donors (Lipinski definition) is 1. The van der Waals surface area contributed by atoms with Gasteiger partial charge in [0.2, 0.25) is 5.89 Å². The minimum atomic E-state index is -0.464. The molecule has 0 spiro atoms. The van der Waals surface area contributed by atoms with Gasteiger partial charge in [0.05, 0.1) is 6.54 Å². The first-order valence-corrected chi connectivity index (χ1v) is 10.1. The molecule has 0 aromatic carbocycles. The third-order valence-electron chi connectivity index (χ3n) is 4.79. The summed E-state index contributed by atoms with van der Waals surface area (Å²) in [4.78, 5) is 35.1. The molecule has 10 heteroatoms. The van der Waals surface area contributed by atoms with E-state index in [1.54, 1.807) is 4.57 Å². The van der Waals surface area contributed by atoms with Crippen molar-refractivity contribution < 1.29 is 9.63 Å². The van der Waals surface area contributed by atoms with Gasteiger partial charge in [-0.25, -0.2) is 9.78 Å². The second-order valence-electron chi connectivity index (χ2n) is 7.39. The second kappa shape index (κ2) is 8.73. The van der Waals surface area contributed by atoms with Crippen LogP contribution in [-0.4, -0.2) is 33.9 Å². The fourth-order valence-corrected chi connectivity index (χ4v) is 3.29. The fraction of sp³-hybridized carbons (Fsp3) is 0.632. The summed E-state index contributed by atoms with van der Waals surface area (Å²) in [6.07, 6.45) is 2.41. The Bertz CT molecular complexity index is 1100. The first-order chi connectivity index (χ1) is 13.9. The SMILES string of the molecule is CCCCn1c(=O)n(Cc2noc(C(C)C)n2)c(=O)c2c1nc(CO)n2CCC. The predicted octanol–water partition coefficient (Wildman–Crippen LogP) is 1.62. The molecule has 3 aromatic rings. The molecule has 0 bridgehead atoms. The van der Waals surface area contributed by atoms with Crippen molar-refractivity contribution in [3.8, 4) is 0 Å². The van der Waals surface area contributed by atoms with E-state index in [1.807, 2.05) is 27.7 Å². The monoisotopic (exact) mass is 404 g/mol. The zero-order valence-electron chi connectivity index (χ0n) is 17.4. The summed E-state index contributed by atoms with van der Waals surface area (Å²) in [6.45, 7) is 8.42. The van der Waals surface area contributed by atoms with Crippen molar-refractivity contribution in [3.05, 3.63) is 38.4 Å². The molecule has 1 N–H and O–H groups in total. The van der Waals surface area contributed by atoms with E-state index in [9.17, 15) is 14.7 Å². The van der Waals surface area contributed by atoms with Crippen molar-refractivity contribution >= 4 is 11.2 Å². The molecule has 3 rings (SSSR count). The number of aryl methyl sites for hydroxylation is 2. The highest BCUT2D eigenvalue weighted by Gasteiger charge is 2.22. The Morgan fingerprint density at radius 3 is 2.38 bits per heavy atom. The van der Waals surface area contributed by atoms with Crippen LogP contribution >= 0.6 is 0 Å². The summed E-state index contributed by atoms with van der Waals surface area (Å²) in [5.41, 5.74) is -0.288. The Morgan fingerprint density at radius 1 is 1.03 bits per heavy atom. The topological polar surface area (TPSA) is 121 Å². The molecule has 3 heterocycles. The van der Waals surface area contributed by atoms with Gasteiger partial charge in [0.1, 0.15) is 12.4 Å². The van der Waals surface area contributed by atoms with E-state index in [2.05, 4.69) is 15.1 Å². The first-order valence-electron chi connectivity index (χ1n) is 10.1. The molecule has 0 saturated carbocycles. The van der Waals surface area contributed by atoms with Gasteiger partial charge in [0.25, 0.3) is 5.56 Å². The average molecular weight is 404 g/mol. The van der Waals surface area contributed by atoms with E-state index < -0.39 is 11.2 Å². The van der Waals surface area contributed by atoms with Gasteiger partial charge in [0, 0.05) is 19.0 Å². The van der Waals surface area contributed by atoms with Gasteiger partial charge in [-0.1, -0.05) is 39.3 Å². The fourth-order valence-electron chi connectivity index (χ4n) is 3.29. The van der Waals surface area contributed by atoms with Gasteiger partial charge >= 0.3 is 5.69 Å². The van der Waals surface area contributed by atoms with E-state index >= 15 is 0 Å². The molecular weight excluding hydrogens is 376 g/mol. The molecule has 0 saturated heterocycles. The van der Waals surface area contributed by atoms with Crippen LogP contribution in [0.5, 0.6) is 0 Å². The van der Waals surface area contributed by atoms with Crippen LogP contribution in [0.1, 0.15) is 70.4 Å². The van der Waals surface area contributed by atoms with E-state index in [-0.39, 0.29) is 24.9 Å². The number of fused-ring (bicyclic) bond motifs is 1. The van der Waals surface area contributed by atoms with Crippen LogP contribution in [0.25, 0.3) is 11.2 Å². The standard InChI is InChI=1S/C19H28N6O4/c1-5-7-9-24-16-15(23(8-6-2)14(11-26)21-16)18(27)25(19(24)28)10-13-20-17(12(3)4)29-22-13/h12,26H,5-11H2,1-4H3. The van der Waals surface area contributed by atoms with Gasteiger partial charge in [-0.05, 0) is 12.8 Å². The summed E-state index contributed by atoms with van der Waals surface area (Å²) in [7, 11) is 0. The highest BCUT2D eigenvalue weighted by Crippen LogP contribution is 2.15. The maximum atomic E-state index is 13.3. The highest BCUT2D eigenvalue weighted by atomic mass is 16.5. The van der Waals surface area contributed by atoms with Crippen molar-refractivity contribution in [2.24, 2.45) is 0 Å². The van der Waals surface area contributed by atoms with Gasteiger partial charge in [-0.15, -0.1) is 0 Å². The quantitative estimate of drug-likeness (QED) is 0.575. The Balaban J connectivity index is 2.23. The summed E-state index contributed by atoms with van der Waals surface area (Å²) in [5, 5.41) is 13.6. The van der Waals surface area contributed by atoms with Crippen LogP contribution in [0.4, 0.5) is 0 Å². The molecule has 10 nitrogen and oxygen atoms in total. The number of imidazole rings is 1. The number of unbranched alkanes of at least 4 members (excludes halogenated alkanes) is 1. The third kappa shape index (κ3) is 3.89. The largest absolute Gasteiger partial charge is 0.388 e. The Kier molecular flexibility index (Phi) is 6.31. The normalized spacial score (nSPS) is 11.8. The summed E-state index contributed by atoms with van der Waals surface area (Å²) in [5.74, 6) is 1.16. The van der Waals surface area contributed by atoms with E-state index in [0.29, 0.717) is 36.0 Å². The lowest BCUT2D eigenvalue weighted by Gasteiger charge is -2.11. The summed E-state index contributed by atoms with van der Waals surface area (Å²) in [6, 6.07) is 0. The maximum absolute atomic E-state index is 13.3. The minimum Gasteiger partial charge on any atom is -0.388 e. The van der Waals surface area contributed by atoms with Gasteiger partial charge < -0.3 is 14.2 Å². The maximum Gasteiger partial charge on any atom is 0.333 e. The van der Waals surface area contributed by atoms with E-state index in [4.69, 9.17) is 4.52 Å². The molecule has 29 heavy (non-hydrogen) atoms. The van der Waals surface area contributed by atoms with Crippen LogP contribution < -0.4 is 11.2 Å². The molecule has 0 aliphatic carbocycles. The smallest absolute Gasteiger partial charge is 0.333 e. The Hall–Kier alpha value is -2.75. The molecule has 3 aromatic heterocycles. The van der Waals surface area contributed by atoms with Crippen molar-refractivity contribution in [2.45, 2.75) is 79.1 Å². The number of nitrogens with zero attached hydrogens (tertiary/aromatic N) is 6. The minimum absolute atomic E-state index is 0.0507. The summed E-state index contributed by atoms with van der Waals surface area (Å²) < 4.78 is 9.54. The zero-order valence-corrected chi connectivity index (χ0v) is 17.4. The molecule has 0 aliphatic rings. The van der Waals surface area contributed by atoms with Crippen LogP contribution in [-0.2, 0) is 26.2 Å². The number of aliphatic hydroxyl groups excluding tert-OH is 1. The van der Waals surface area contributed by atoms with Crippen molar-refractivity contribution in [1.29, 1.82) is 0 Å². The average Bonchev–Trinajstić information content (AvgIpc) is 3.30. The number of aromatic nitrogens is 6.